The Morgan fingerprint density at radius 2 is 1.78 bits per heavy atom. The van der Waals surface area contributed by atoms with Gasteiger partial charge in [-0.15, -0.1) is 0 Å². The molecule has 2 unspecified atom stereocenters. The molecule has 0 fully saturated rings. The van der Waals surface area contributed by atoms with Crippen molar-refractivity contribution in [3.63, 3.8) is 0 Å². The highest BCUT2D eigenvalue weighted by Gasteiger charge is 2.31. The fourth-order valence-electron chi connectivity index (χ4n) is 3.34. The number of rotatable bonds is 10. The van der Waals surface area contributed by atoms with Crippen LogP contribution in [0.5, 0.6) is 0 Å². The molecule has 6 N–H and O–H groups in total. The van der Waals surface area contributed by atoms with Crippen molar-refractivity contribution < 1.29 is 8.42 Å². The van der Waals surface area contributed by atoms with Crippen LogP contribution in [0.2, 0.25) is 0 Å². The van der Waals surface area contributed by atoms with E-state index in [0.717, 1.165) is 24.0 Å². The first-order valence-electron chi connectivity index (χ1n) is 9.21. The average molecular weight is 389 g/mol. The first kappa shape index (κ1) is 21.6. The first-order valence-corrected chi connectivity index (χ1v) is 10.5. The Morgan fingerprint density at radius 3 is 2.37 bits per heavy atom. The largest absolute Gasteiger partial charge is 0.326 e. The first-order chi connectivity index (χ1) is 12.9. The summed E-state index contributed by atoms with van der Waals surface area (Å²) in [5, 5.41) is -0.441. The molecule has 2 aromatic carbocycles. The van der Waals surface area contributed by atoms with Crippen molar-refractivity contribution >= 4 is 10.7 Å². The number of thiol groups is 1. The molecule has 0 amide bonds. The number of nitrogens with two attached hydrogens (primary N) is 3. The van der Waals surface area contributed by atoms with Crippen molar-refractivity contribution in [2.75, 3.05) is 0 Å². The van der Waals surface area contributed by atoms with E-state index in [2.05, 4.69) is 12.1 Å². The molecule has 0 bridgehead atoms. The van der Waals surface area contributed by atoms with E-state index in [-0.39, 0.29) is 0 Å². The Balaban J connectivity index is 2.10. The summed E-state index contributed by atoms with van der Waals surface area (Å²) in [5.41, 5.74) is 19.9. The van der Waals surface area contributed by atoms with Crippen LogP contribution >= 0.6 is 0 Å². The molecule has 0 saturated heterocycles. The number of hydrogen-bond donors (Lipinski definition) is 4. The van der Waals surface area contributed by atoms with Crippen LogP contribution in [0.1, 0.15) is 49.0 Å². The monoisotopic (exact) mass is 388 g/mol. The molecule has 0 aliphatic rings. The molecule has 0 aromatic heterocycles. The van der Waals surface area contributed by atoms with Crippen LogP contribution < -0.4 is 17.2 Å². The fraction of sp³-hybridized carbons (Fsp3) is 0.381. The van der Waals surface area contributed by atoms with E-state index < -0.39 is 27.5 Å². The predicted molar refractivity (Wildman–Crippen MR) is 111 cm³/mol. The highest BCUT2D eigenvalue weighted by atomic mass is 32.2. The Hall–Kier alpha value is -1.73. The van der Waals surface area contributed by atoms with Crippen LogP contribution in [0.25, 0.3) is 0 Å². The van der Waals surface area contributed by atoms with E-state index in [0.29, 0.717) is 12.8 Å². The molecule has 0 aliphatic carbocycles. The topological polar surface area (TPSA) is 112 Å². The molecule has 27 heavy (non-hydrogen) atoms. The lowest BCUT2D eigenvalue weighted by molar-refractivity contribution is 0.456. The molecule has 1 radical (unpaired) electrons. The molecule has 2 rings (SSSR count). The van der Waals surface area contributed by atoms with Crippen molar-refractivity contribution in [3.05, 3.63) is 77.8 Å². The standard InChI is InChI=1S/C21H30N3O2S/c1-21(15-22,18-11-6-10-17(13-18)20(23)24)14-19(27(25)26)12-5-9-16-7-3-2-4-8-16/h2-4,6-8,10-11,13,15,19-20,27H,5,9,12,14,22-24H2,1H3. The minimum atomic E-state index is -2.55. The summed E-state index contributed by atoms with van der Waals surface area (Å²) in [4.78, 5) is 0. The van der Waals surface area contributed by atoms with Crippen LogP contribution in [0.3, 0.4) is 0 Å². The van der Waals surface area contributed by atoms with Crippen LogP contribution in [0, 0.1) is 6.54 Å². The van der Waals surface area contributed by atoms with E-state index in [1.807, 2.05) is 49.4 Å². The molecule has 0 aliphatic heterocycles. The van der Waals surface area contributed by atoms with Gasteiger partial charge in [0.05, 0.1) is 11.4 Å². The van der Waals surface area contributed by atoms with Gasteiger partial charge >= 0.3 is 0 Å². The van der Waals surface area contributed by atoms with Gasteiger partial charge in [-0.25, -0.2) is 8.42 Å². The molecule has 2 atom stereocenters. The number of aryl methyl sites for hydroxylation is 1. The van der Waals surface area contributed by atoms with Gasteiger partial charge in [0.25, 0.3) is 0 Å². The maximum Gasteiger partial charge on any atom is 0.143 e. The quantitative estimate of drug-likeness (QED) is 0.369. The zero-order chi connectivity index (χ0) is 19.9. The summed E-state index contributed by atoms with van der Waals surface area (Å²) in [6.45, 7) is 3.54. The molecular weight excluding hydrogens is 358 g/mol. The zero-order valence-corrected chi connectivity index (χ0v) is 16.6. The average Bonchev–Trinajstić information content (AvgIpc) is 2.67. The Kier molecular flexibility index (Phi) is 7.98. The zero-order valence-electron chi connectivity index (χ0n) is 15.8. The molecule has 0 heterocycles. The predicted octanol–water partition coefficient (Wildman–Crippen LogP) is 2.37. The lowest BCUT2D eigenvalue weighted by atomic mass is 9.77. The van der Waals surface area contributed by atoms with Gasteiger partial charge < -0.3 is 17.2 Å². The molecular formula is C21H30N3O2S. The summed E-state index contributed by atoms with van der Waals surface area (Å²) in [5.74, 6) is 0. The fourth-order valence-corrected chi connectivity index (χ4v) is 4.26. The Labute approximate surface area is 163 Å². The minimum Gasteiger partial charge on any atom is -0.326 e. The van der Waals surface area contributed by atoms with E-state index in [4.69, 9.17) is 17.2 Å². The van der Waals surface area contributed by atoms with E-state index in [1.165, 1.54) is 5.56 Å². The summed E-state index contributed by atoms with van der Waals surface area (Å²) in [6, 6.07) is 17.7. The molecule has 147 valence electrons. The van der Waals surface area contributed by atoms with E-state index in [9.17, 15) is 8.42 Å². The van der Waals surface area contributed by atoms with Crippen LogP contribution in [-0.2, 0) is 22.5 Å². The molecule has 2 aromatic rings. The highest BCUT2D eigenvalue weighted by molar-refractivity contribution is 7.73. The van der Waals surface area contributed by atoms with Gasteiger partial charge in [0, 0.05) is 12.0 Å². The SMILES string of the molecule is CC([CH]N)(CC(CCCc1ccccc1)[SH](=O)=O)c1cccc(C(N)N)c1. The van der Waals surface area contributed by atoms with Crippen molar-refractivity contribution in [1.82, 2.24) is 0 Å². The summed E-state index contributed by atoms with van der Waals surface area (Å²) < 4.78 is 23.8. The molecule has 0 saturated carbocycles. The lowest BCUT2D eigenvalue weighted by Crippen LogP contribution is -2.33. The third-order valence-corrected chi connectivity index (χ3v) is 6.14. The smallest absolute Gasteiger partial charge is 0.143 e. The van der Waals surface area contributed by atoms with Gasteiger partial charge in [-0.05, 0) is 42.4 Å². The normalized spacial score (nSPS) is 15.0. The molecule has 6 heteroatoms. The third-order valence-electron chi connectivity index (χ3n) is 5.10. The van der Waals surface area contributed by atoms with Crippen LogP contribution in [0.15, 0.2) is 54.6 Å². The van der Waals surface area contributed by atoms with Crippen molar-refractivity contribution in [3.8, 4) is 0 Å². The van der Waals surface area contributed by atoms with Gasteiger partial charge in [0.2, 0.25) is 0 Å². The maximum absolute atomic E-state index is 11.9. The van der Waals surface area contributed by atoms with Gasteiger partial charge in [-0.3, -0.25) is 0 Å². The van der Waals surface area contributed by atoms with Gasteiger partial charge in [0.1, 0.15) is 10.7 Å². The molecule has 5 nitrogen and oxygen atoms in total. The van der Waals surface area contributed by atoms with Crippen molar-refractivity contribution in [2.24, 2.45) is 17.2 Å². The van der Waals surface area contributed by atoms with Crippen molar-refractivity contribution in [2.45, 2.75) is 49.4 Å². The van der Waals surface area contributed by atoms with Gasteiger partial charge in [0.15, 0.2) is 0 Å². The second kappa shape index (κ2) is 9.99. The summed E-state index contributed by atoms with van der Waals surface area (Å²) in [6.07, 6.45) is 2.13. The van der Waals surface area contributed by atoms with E-state index in [1.54, 1.807) is 6.54 Å². The van der Waals surface area contributed by atoms with E-state index >= 15 is 0 Å². The third kappa shape index (κ3) is 6.14. The summed E-state index contributed by atoms with van der Waals surface area (Å²) in [7, 11) is -2.55. The molecule has 0 spiro atoms. The second-order valence-corrected chi connectivity index (χ2v) is 8.56. The lowest BCUT2D eigenvalue weighted by Gasteiger charge is -2.31. The van der Waals surface area contributed by atoms with Crippen LogP contribution in [-0.4, -0.2) is 13.7 Å². The van der Waals surface area contributed by atoms with Gasteiger partial charge in [-0.2, -0.15) is 0 Å². The number of benzene rings is 2. The second-order valence-electron chi connectivity index (χ2n) is 7.26. The minimum absolute atomic E-state index is 0.431. The Morgan fingerprint density at radius 1 is 1.07 bits per heavy atom. The van der Waals surface area contributed by atoms with Gasteiger partial charge in [-0.1, -0.05) is 61.5 Å². The summed E-state index contributed by atoms with van der Waals surface area (Å²) >= 11 is 0. The van der Waals surface area contributed by atoms with Crippen LogP contribution in [0.4, 0.5) is 0 Å². The maximum atomic E-state index is 11.9. The highest BCUT2D eigenvalue weighted by Crippen LogP contribution is 2.33. The van der Waals surface area contributed by atoms with Crippen molar-refractivity contribution in [1.29, 1.82) is 0 Å². The number of hydrogen-bond acceptors (Lipinski definition) is 5. The Bertz CT molecular complexity index is 785.